The Morgan fingerprint density at radius 2 is 2.00 bits per heavy atom. The molecule has 6 heteroatoms. The number of aliphatic imine (C=N–C) groups is 1. The van der Waals surface area contributed by atoms with Gasteiger partial charge in [-0.1, -0.05) is 29.3 Å². The lowest BCUT2D eigenvalue weighted by Crippen LogP contribution is -1.81. The highest BCUT2D eigenvalue weighted by Crippen LogP contribution is 2.32. The molecule has 0 aliphatic heterocycles. The Bertz CT molecular complexity index is 858. The minimum Gasteiger partial charge on any atom is -0.494 e. The van der Waals surface area contributed by atoms with E-state index in [1.54, 1.807) is 24.3 Å². The molecule has 3 rings (SSSR count). The summed E-state index contributed by atoms with van der Waals surface area (Å²) in [5.41, 5.74) is 1.47. The summed E-state index contributed by atoms with van der Waals surface area (Å²) in [5, 5.41) is 11.1. The van der Waals surface area contributed by atoms with Gasteiger partial charge in [-0.25, -0.2) is 4.39 Å². The maximum atomic E-state index is 13.3. The van der Waals surface area contributed by atoms with Crippen LogP contribution in [0.1, 0.15) is 5.56 Å². The van der Waals surface area contributed by atoms with Gasteiger partial charge < -0.3 is 10.1 Å². The Hall–Kier alpha value is -2.04. The molecule has 0 radical (unpaired) electrons. The monoisotopic (exact) mass is 322 g/mol. The Morgan fingerprint density at radius 1 is 1.19 bits per heavy atom. The summed E-state index contributed by atoms with van der Waals surface area (Å²) >= 11 is 12.0. The van der Waals surface area contributed by atoms with Crippen molar-refractivity contribution in [3.63, 3.8) is 0 Å². The van der Waals surface area contributed by atoms with Crippen LogP contribution < -0.4 is 0 Å². The van der Waals surface area contributed by atoms with Gasteiger partial charge in [0.25, 0.3) is 0 Å². The lowest BCUT2D eigenvalue weighted by Gasteiger charge is -1.99. The van der Waals surface area contributed by atoms with E-state index in [1.807, 2.05) is 0 Å². The molecule has 0 spiro atoms. The molecule has 0 saturated heterocycles. The number of halogens is 3. The summed E-state index contributed by atoms with van der Waals surface area (Å²) in [5.74, 6) is -0.477. The third-order valence-corrected chi connectivity index (χ3v) is 3.85. The van der Waals surface area contributed by atoms with E-state index in [4.69, 9.17) is 23.2 Å². The topological polar surface area (TPSA) is 48.4 Å². The lowest BCUT2D eigenvalue weighted by atomic mass is 10.2. The fraction of sp³-hybridized carbons (Fsp3) is 0. The van der Waals surface area contributed by atoms with Gasteiger partial charge in [0.15, 0.2) is 5.88 Å². The van der Waals surface area contributed by atoms with E-state index >= 15 is 0 Å². The zero-order valence-corrected chi connectivity index (χ0v) is 12.1. The summed E-state index contributed by atoms with van der Waals surface area (Å²) in [6.07, 6.45) is 1.42. The highest BCUT2D eigenvalue weighted by molar-refractivity contribution is 6.43. The van der Waals surface area contributed by atoms with Crippen molar-refractivity contribution in [2.75, 3.05) is 0 Å². The van der Waals surface area contributed by atoms with Gasteiger partial charge in [-0.15, -0.1) is 0 Å². The first-order valence-electron chi connectivity index (χ1n) is 6.04. The molecule has 0 atom stereocenters. The maximum Gasteiger partial charge on any atom is 0.198 e. The Labute approximate surface area is 129 Å². The summed E-state index contributed by atoms with van der Waals surface area (Å²) in [6, 6.07) is 9.25. The predicted octanol–water partition coefficient (Wildman–Crippen LogP) is 5.07. The average molecular weight is 323 g/mol. The molecular formula is C15H9Cl2FN2O. The zero-order valence-electron chi connectivity index (χ0n) is 10.6. The molecule has 0 fully saturated rings. The summed E-state index contributed by atoms with van der Waals surface area (Å²) in [4.78, 5) is 6.96. The molecular weight excluding hydrogens is 314 g/mol. The third-order valence-electron chi connectivity index (χ3n) is 3.04. The van der Waals surface area contributed by atoms with Crippen LogP contribution in [-0.2, 0) is 0 Å². The number of rotatable bonds is 2. The zero-order chi connectivity index (χ0) is 15.0. The Morgan fingerprint density at radius 3 is 2.81 bits per heavy atom. The van der Waals surface area contributed by atoms with Crippen LogP contribution >= 0.6 is 23.2 Å². The van der Waals surface area contributed by atoms with E-state index in [0.29, 0.717) is 32.2 Å². The minimum absolute atomic E-state index is 0.0856. The van der Waals surface area contributed by atoms with Crippen molar-refractivity contribution in [3.8, 4) is 5.88 Å². The number of fused-ring (bicyclic) bond motifs is 1. The van der Waals surface area contributed by atoms with Gasteiger partial charge in [0.1, 0.15) is 5.82 Å². The second kappa shape index (κ2) is 5.39. The lowest BCUT2D eigenvalue weighted by molar-refractivity contribution is 0.457. The first kappa shape index (κ1) is 13.9. The molecule has 0 unspecified atom stereocenters. The minimum atomic E-state index is -0.392. The number of aromatic nitrogens is 1. The number of nitrogens with zero attached hydrogens (tertiary/aromatic N) is 1. The van der Waals surface area contributed by atoms with Crippen LogP contribution in [0.2, 0.25) is 10.0 Å². The van der Waals surface area contributed by atoms with E-state index in [9.17, 15) is 9.50 Å². The van der Waals surface area contributed by atoms with Gasteiger partial charge in [0, 0.05) is 17.1 Å². The standard InChI is InChI=1S/C15H9Cl2FN2O/c16-11-2-1-3-13(14(11)17)19-7-10-9-6-8(18)4-5-12(9)20-15(10)21/h1-7,20-21H. The van der Waals surface area contributed by atoms with Crippen LogP contribution in [0.4, 0.5) is 10.1 Å². The van der Waals surface area contributed by atoms with Crippen molar-refractivity contribution in [1.82, 2.24) is 4.98 Å². The van der Waals surface area contributed by atoms with Crippen LogP contribution in [0.15, 0.2) is 41.4 Å². The van der Waals surface area contributed by atoms with Crippen LogP contribution in [0.3, 0.4) is 0 Å². The van der Waals surface area contributed by atoms with Crippen molar-refractivity contribution >= 4 is 46.0 Å². The molecule has 0 aliphatic carbocycles. The van der Waals surface area contributed by atoms with Gasteiger partial charge in [-0.2, -0.15) is 0 Å². The average Bonchev–Trinajstić information content (AvgIpc) is 2.76. The number of aromatic amines is 1. The summed E-state index contributed by atoms with van der Waals surface area (Å²) in [6.45, 7) is 0. The second-order valence-corrected chi connectivity index (χ2v) is 5.19. The summed E-state index contributed by atoms with van der Waals surface area (Å²) in [7, 11) is 0. The van der Waals surface area contributed by atoms with E-state index < -0.39 is 5.82 Å². The number of H-pyrrole nitrogens is 1. The van der Waals surface area contributed by atoms with Crippen molar-refractivity contribution in [2.24, 2.45) is 4.99 Å². The molecule has 21 heavy (non-hydrogen) atoms. The Balaban J connectivity index is 2.09. The van der Waals surface area contributed by atoms with E-state index in [0.717, 1.165) is 0 Å². The molecule has 1 aromatic heterocycles. The fourth-order valence-electron chi connectivity index (χ4n) is 2.03. The highest BCUT2D eigenvalue weighted by Gasteiger charge is 2.10. The summed E-state index contributed by atoms with van der Waals surface area (Å²) < 4.78 is 13.3. The fourth-order valence-corrected chi connectivity index (χ4v) is 2.37. The third kappa shape index (κ3) is 2.60. The number of aromatic hydroxyl groups is 1. The van der Waals surface area contributed by atoms with Gasteiger partial charge in [-0.3, -0.25) is 4.99 Å². The normalized spacial score (nSPS) is 11.6. The van der Waals surface area contributed by atoms with Crippen molar-refractivity contribution in [1.29, 1.82) is 0 Å². The number of hydrogen-bond donors (Lipinski definition) is 2. The molecule has 0 aliphatic rings. The highest BCUT2D eigenvalue weighted by atomic mass is 35.5. The Kier molecular flexibility index (Phi) is 3.57. The molecule has 3 nitrogen and oxygen atoms in total. The first-order chi connectivity index (χ1) is 10.1. The molecule has 106 valence electrons. The first-order valence-corrected chi connectivity index (χ1v) is 6.80. The molecule has 1 heterocycles. The number of hydrogen-bond acceptors (Lipinski definition) is 2. The molecule has 0 amide bonds. The van der Waals surface area contributed by atoms with Crippen LogP contribution in [-0.4, -0.2) is 16.3 Å². The van der Waals surface area contributed by atoms with Crippen molar-refractivity contribution in [2.45, 2.75) is 0 Å². The largest absolute Gasteiger partial charge is 0.494 e. The maximum absolute atomic E-state index is 13.3. The van der Waals surface area contributed by atoms with Crippen LogP contribution in [0.25, 0.3) is 10.9 Å². The quantitative estimate of drug-likeness (QED) is 0.636. The van der Waals surface area contributed by atoms with Gasteiger partial charge in [0.2, 0.25) is 0 Å². The van der Waals surface area contributed by atoms with Crippen molar-refractivity contribution in [3.05, 3.63) is 57.8 Å². The molecule has 2 N–H and O–H groups in total. The smallest absolute Gasteiger partial charge is 0.198 e. The van der Waals surface area contributed by atoms with Crippen LogP contribution in [0, 0.1) is 5.82 Å². The molecule has 2 aromatic carbocycles. The van der Waals surface area contributed by atoms with E-state index in [2.05, 4.69) is 9.98 Å². The van der Waals surface area contributed by atoms with Gasteiger partial charge in [0.05, 0.1) is 21.3 Å². The van der Waals surface area contributed by atoms with E-state index in [1.165, 1.54) is 18.3 Å². The number of nitrogens with one attached hydrogen (secondary N) is 1. The second-order valence-electron chi connectivity index (χ2n) is 4.41. The number of benzene rings is 2. The SMILES string of the molecule is Oc1[nH]c2ccc(F)cc2c1C=Nc1cccc(Cl)c1Cl. The molecule has 0 saturated carbocycles. The van der Waals surface area contributed by atoms with Crippen molar-refractivity contribution < 1.29 is 9.50 Å². The van der Waals surface area contributed by atoms with Crippen LogP contribution in [0.5, 0.6) is 5.88 Å². The van der Waals surface area contributed by atoms with Gasteiger partial charge in [-0.05, 0) is 30.3 Å². The molecule has 0 bridgehead atoms. The van der Waals surface area contributed by atoms with E-state index in [-0.39, 0.29) is 5.88 Å². The molecule has 3 aromatic rings. The van der Waals surface area contributed by atoms with Gasteiger partial charge >= 0.3 is 0 Å². The predicted molar refractivity (Wildman–Crippen MR) is 83.6 cm³/mol.